The molecule has 0 spiro atoms. The van der Waals surface area contributed by atoms with Gasteiger partial charge in [0.1, 0.15) is 0 Å². The summed E-state index contributed by atoms with van der Waals surface area (Å²) in [6.45, 7) is 0.191. The molecule has 1 aliphatic rings. The summed E-state index contributed by atoms with van der Waals surface area (Å²) in [5.41, 5.74) is 6.49. The molecule has 0 radical (unpaired) electrons. The summed E-state index contributed by atoms with van der Waals surface area (Å²) < 4.78 is 27.5. The number of halogens is 2. The molecule has 1 N–H and O–H groups in total. The first-order chi connectivity index (χ1) is 13.4. The van der Waals surface area contributed by atoms with Gasteiger partial charge in [-0.15, -0.1) is 4.41 Å². The minimum atomic E-state index is -3.78. The highest BCUT2D eigenvalue weighted by Crippen LogP contribution is 2.33. The molecular formula is C21H16Cl2N2O2S. The topological polar surface area (TPSA) is 49.4 Å². The summed E-state index contributed by atoms with van der Waals surface area (Å²) in [6.07, 6.45) is 0. The smallest absolute Gasteiger partial charge is 0.260 e. The number of sulfonamides is 1. The second kappa shape index (κ2) is 7.60. The number of hydrogen-bond acceptors (Lipinski definition) is 3. The lowest BCUT2D eigenvalue weighted by atomic mass is 10.0. The van der Waals surface area contributed by atoms with Crippen LogP contribution < -0.4 is 5.43 Å². The monoisotopic (exact) mass is 430 g/mol. The van der Waals surface area contributed by atoms with Gasteiger partial charge in [0.15, 0.2) is 0 Å². The standard InChI is InChI=1S/C21H16Cl2N2O2S/c22-17-11-9-16(10-12-17)21-20(15-5-2-1-3-6-15)14-25(24-21)28(26,27)19-8-4-7-18(23)13-19/h1-13,24H,14H2. The van der Waals surface area contributed by atoms with Gasteiger partial charge in [0.2, 0.25) is 0 Å². The lowest BCUT2D eigenvalue weighted by molar-refractivity contribution is 0.421. The molecule has 0 unspecified atom stereocenters. The van der Waals surface area contributed by atoms with E-state index in [-0.39, 0.29) is 11.4 Å². The fraction of sp³-hybridized carbons (Fsp3) is 0.0476. The Morgan fingerprint density at radius 3 is 2.18 bits per heavy atom. The molecule has 0 saturated heterocycles. The second-order valence-electron chi connectivity index (χ2n) is 6.31. The zero-order valence-electron chi connectivity index (χ0n) is 14.6. The third-order valence-corrected chi connectivity index (χ3v) is 6.62. The second-order valence-corrected chi connectivity index (χ2v) is 9.04. The van der Waals surface area contributed by atoms with Gasteiger partial charge in [-0.1, -0.05) is 71.7 Å². The number of nitrogens with one attached hydrogen (secondary N) is 1. The van der Waals surface area contributed by atoms with Gasteiger partial charge in [-0.05, 0) is 41.5 Å². The van der Waals surface area contributed by atoms with Gasteiger partial charge in [0.05, 0.1) is 17.1 Å². The van der Waals surface area contributed by atoms with Gasteiger partial charge in [-0.25, -0.2) is 8.42 Å². The molecule has 0 bridgehead atoms. The Morgan fingerprint density at radius 1 is 0.786 bits per heavy atom. The first-order valence-corrected chi connectivity index (χ1v) is 10.7. The molecule has 142 valence electrons. The molecule has 28 heavy (non-hydrogen) atoms. The Hall–Kier alpha value is -2.31. The van der Waals surface area contributed by atoms with Crippen LogP contribution >= 0.6 is 23.2 Å². The van der Waals surface area contributed by atoms with Crippen LogP contribution in [-0.2, 0) is 10.0 Å². The van der Waals surface area contributed by atoms with E-state index < -0.39 is 10.0 Å². The van der Waals surface area contributed by atoms with Crippen LogP contribution in [0.3, 0.4) is 0 Å². The van der Waals surface area contributed by atoms with Crippen LogP contribution in [0.25, 0.3) is 11.3 Å². The van der Waals surface area contributed by atoms with Gasteiger partial charge in [0, 0.05) is 15.6 Å². The number of hydrogen-bond donors (Lipinski definition) is 1. The first kappa shape index (κ1) is 19.0. The molecule has 0 saturated carbocycles. The van der Waals surface area contributed by atoms with E-state index in [0.29, 0.717) is 10.0 Å². The predicted molar refractivity (Wildman–Crippen MR) is 113 cm³/mol. The minimum absolute atomic E-state index is 0.136. The lowest BCUT2D eigenvalue weighted by Gasteiger charge is -2.18. The van der Waals surface area contributed by atoms with Crippen molar-refractivity contribution in [1.29, 1.82) is 0 Å². The van der Waals surface area contributed by atoms with Crippen molar-refractivity contribution in [3.8, 4) is 0 Å². The van der Waals surface area contributed by atoms with E-state index in [1.165, 1.54) is 16.5 Å². The predicted octanol–water partition coefficient (Wildman–Crippen LogP) is 5.07. The Labute approximate surface area is 174 Å². The van der Waals surface area contributed by atoms with Gasteiger partial charge in [0.25, 0.3) is 10.0 Å². The highest BCUT2D eigenvalue weighted by atomic mass is 35.5. The molecule has 0 aromatic heterocycles. The Balaban J connectivity index is 1.77. The normalized spacial score (nSPS) is 14.9. The Kier molecular flexibility index (Phi) is 5.17. The van der Waals surface area contributed by atoms with Gasteiger partial charge < -0.3 is 5.43 Å². The summed E-state index contributed by atoms with van der Waals surface area (Å²) in [7, 11) is -3.78. The highest BCUT2D eigenvalue weighted by molar-refractivity contribution is 7.89. The molecule has 3 aromatic carbocycles. The van der Waals surface area contributed by atoms with Crippen molar-refractivity contribution in [2.24, 2.45) is 0 Å². The molecule has 1 heterocycles. The molecule has 0 atom stereocenters. The molecule has 0 amide bonds. The van der Waals surface area contributed by atoms with Crippen LogP contribution in [0.1, 0.15) is 11.1 Å². The third kappa shape index (κ3) is 3.66. The van der Waals surface area contributed by atoms with Gasteiger partial charge in [-0.2, -0.15) is 0 Å². The van der Waals surface area contributed by atoms with Crippen LogP contribution in [0.5, 0.6) is 0 Å². The Bertz CT molecular complexity index is 1140. The molecule has 1 aliphatic heterocycles. The van der Waals surface area contributed by atoms with Crippen molar-refractivity contribution in [2.75, 3.05) is 6.54 Å². The summed E-state index contributed by atoms with van der Waals surface area (Å²) in [5, 5.41) is 0.987. The van der Waals surface area contributed by atoms with Crippen LogP contribution in [0.4, 0.5) is 0 Å². The first-order valence-electron chi connectivity index (χ1n) is 8.54. The number of hydrazine groups is 1. The molecule has 7 heteroatoms. The SMILES string of the molecule is O=S(=O)(c1cccc(Cl)c1)N1CC(c2ccccc2)=C(c2ccc(Cl)cc2)N1. The zero-order valence-corrected chi connectivity index (χ0v) is 17.0. The van der Waals surface area contributed by atoms with Crippen LogP contribution in [0, 0.1) is 0 Å². The average molecular weight is 431 g/mol. The number of benzene rings is 3. The van der Waals surface area contributed by atoms with E-state index >= 15 is 0 Å². The van der Waals surface area contributed by atoms with Crippen LogP contribution in [0.15, 0.2) is 83.8 Å². The van der Waals surface area contributed by atoms with E-state index in [2.05, 4.69) is 5.43 Å². The summed E-state index contributed by atoms with van der Waals surface area (Å²) in [4.78, 5) is 0.136. The van der Waals surface area contributed by atoms with E-state index in [9.17, 15) is 8.42 Å². The van der Waals surface area contributed by atoms with E-state index in [0.717, 1.165) is 22.4 Å². The molecule has 3 aromatic rings. The van der Waals surface area contributed by atoms with Crippen LogP contribution in [-0.4, -0.2) is 19.4 Å². The molecule has 4 rings (SSSR count). The van der Waals surface area contributed by atoms with Crippen molar-refractivity contribution in [3.05, 3.63) is 100 Å². The maximum absolute atomic E-state index is 13.2. The van der Waals surface area contributed by atoms with Crippen molar-refractivity contribution in [2.45, 2.75) is 4.90 Å². The largest absolute Gasteiger partial charge is 0.304 e. The number of nitrogens with zero attached hydrogens (tertiary/aromatic N) is 1. The quantitative estimate of drug-likeness (QED) is 0.628. The van der Waals surface area contributed by atoms with Crippen molar-refractivity contribution >= 4 is 44.5 Å². The highest BCUT2D eigenvalue weighted by Gasteiger charge is 2.33. The maximum atomic E-state index is 13.2. The van der Waals surface area contributed by atoms with Crippen molar-refractivity contribution in [1.82, 2.24) is 9.84 Å². The van der Waals surface area contributed by atoms with E-state index in [4.69, 9.17) is 23.2 Å². The number of rotatable bonds is 4. The van der Waals surface area contributed by atoms with Gasteiger partial charge in [-0.3, -0.25) is 0 Å². The van der Waals surface area contributed by atoms with Crippen molar-refractivity contribution in [3.63, 3.8) is 0 Å². The maximum Gasteiger partial charge on any atom is 0.260 e. The van der Waals surface area contributed by atoms with Gasteiger partial charge >= 0.3 is 0 Å². The zero-order chi connectivity index (χ0) is 19.7. The molecule has 0 aliphatic carbocycles. The summed E-state index contributed by atoms with van der Waals surface area (Å²) in [6, 6.07) is 23.2. The average Bonchev–Trinajstić information content (AvgIpc) is 3.15. The minimum Gasteiger partial charge on any atom is -0.304 e. The van der Waals surface area contributed by atoms with E-state index in [1.807, 2.05) is 42.5 Å². The van der Waals surface area contributed by atoms with E-state index in [1.54, 1.807) is 24.3 Å². The molecule has 0 fully saturated rings. The molecule has 4 nitrogen and oxygen atoms in total. The third-order valence-electron chi connectivity index (χ3n) is 4.48. The summed E-state index contributed by atoms with van der Waals surface area (Å²) >= 11 is 12.0. The van der Waals surface area contributed by atoms with Crippen LogP contribution in [0.2, 0.25) is 10.0 Å². The lowest BCUT2D eigenvalue weighted by Crippen LogP contribution is -2.37. The fourth-order valence-corrected chi connectivity index (χ4v) is 4.76. The van der Waals surface area contributed by atoms with Crippen molar-refractivity contribution < 1.29 is 8.42 Å². The molecular weight excluding hydrogens is 415 g/mol. The fourth-order valence-electron chi connectivity index (χ4n) is 3.08. The Morgan fingerprint density at radius 2 is 1.50 bits per heavy atom. The summed E-state index contributed by atoms with van der Waals surface area (Å²) in [5.74, 6) is 0.